The van der Waals surface area contributed by atoms with Crippen molar-refractivity contribution in [1.82, 2.24) is 14.5 Å². The van der Waals surface area contributed by atoms with Gasteiger partial charge in [-0.15, -0.1) is 0 Å². The molecule has 36 heavy (non-hydrogen) atoms. The number of rotatable bonds is 4. The van der Waals surface area contributed by atoms with Gasteiger partial charge in [0.2, 0.25) is 5.91 Å². The zero-order chi connectivity index (χ0) is 26.1. The Morgan fingerprint density at radius 2 is 1.97 bits per heavy atom. The first-order valence-electron chi connectivity index (χ1n) is 11.5. The molecule has 5 heterocycles. The molecule has 1 fully saturated rings. The molecule has 5 rings (SSSR count). The van der Waals surface area contributed by atoms with Crippen LogP contribution in [0.4, 0.5) is 18.9 Å². The fourth-order valence-electron chi connectivity index (χ4n) is 4.85. The maximum atomic E-state index is 13.1. The number of halogens is 3. The van der Waals surface area contributed by atoms with Crippen LogP contribution in [0, 0.1) is 5.92 Å². The predicted octanol–water partition coefficient (Wildman–Crippen LogP) is 4.71. The second kappa shape index (κ2) is 9.96. The summed E-state index contributed by atoms with van der Waals surface area (Å²) in [5, 5.41) is 11.2. The third-order valence-corrected chi connectivity index (χ3v) is 7.09. The largest absolute Gasteiger partial charge is 0.490 e. The number of aliphatic carboxylic acids is 1. The highest BCUT2D eigenvalue weighted by molar-refractivity contribution is 7.08. The summed E-state index contributed by atoms with van der Waals surface area (Å²) < 4.78 is 34.0. The molecule has 1 spiro atoms. The first kappa shape index (κ1) is 25.7. The Labute approximate surface area is 210 Å². The lowest BCUT2D eigenvalue weighted by atomic mass is 9.88. The van der Waals surface area contributed by atoms with E-state index in [1.165, 1.54) is 5.69 Å². The monoisotopic (exact) mass is 520 g/mol. The van der Waals surface area contributed by atoms with E-state index in [1.807, 2.05) is 23.7 Å². The van der Waals surface area contributed by atoms with Gasteiger partial charge in [-0.3, -0.25) is 4.79 Å². The molecule has 2 aliphatic heterocycles. The number of hydrogen-bond donors (Lipinski definition) is 1. The highest BCUT2D eigenvalue weighted by Crippen LogP contribution is 2.47. The van der Waals surface area contributed by atoms with Crippen molar-refractivity contribution in [2.24, 2.45) is 5.92 Å². The lowest BCUT2D eigenvalue weighted by Crippen LogP contribution is -2.54. The van der Waals surface area contributed by atoms with Crippen molar-refractivity contribution >= 4 is 28.9 Å². The van der Waals surface area contributed by atoms with Gasteiger partial charge >= 0.3 is 12.1 Å². The highest BCUT2D eigenvalue weighted by atomic mass is 32.1. The Hall–Kier alpha value is -3.34. The summed E-state index contributed by atoms with van der Waals surface area (Å²) in [6, 6.07) is 10.5. The first-order chi connectivity index (χ1) is 17.0. The number of carboxylic acids is 1. The minimum Gasteiger partial charge on any atom is -0.475 e. The van der Waals surface area contributed by atoms with Gasteiger partial charge in [0.15, 0.2) is 5.82 Å². The van der Waals surface area contributed by atoms with Crippen molar-refractivity contribution in [2.45, 2.75) is 38.4 Å². The number of likely N-dealkylation sites (tertiary alicyclic amines) is 1. The number of nitrogens with zero attached hydrogens (tertiary/aromatic N) is 4. The van der Waals surface area contributed by atoms with E-state index in [2.05, 4.69) is 58.0 Å². The van der Waals surface area contributed by atoms with Crippen LogP contribution >= 0.6 is 11.3 Å². The Morgan fingerprint density at radius 1 is 1.22 bits per heavy atom. The molecule has 0 aromatic carbocycles. The quantitative estimate of drug-likeness (QED) is 0.539. The molecule has 192 valence electrons. The van der Waals surface area contributed by atoms with Gasteiger partial charge in [-0.1, -0.05) is 13.8 Å². The molecule has 11 heteroatoms. The van der Waals surface area contributed by atoms with Gasteiger partial charge in [-0.2, -0.15) is 24.5 Å². The average Bonchev–Trinajstić information content (AvgIpc) is 3.57. The van der Waals surface area contributed by atoms with Crippen LogP contribution in [0.5, 0.6) is 0 Å². The molecule has 1 unspecified atom stereocenters. The molecule has 3 aromatic rings. The van der Waals surface area contributed by atoms with Gasteiger partial charge < -0.3 is 19.5 Å². The van der Waals surface area contributed by atoms with E-state index in [0.29, 0.717) is 12.3 Å². The van der Waals surface area contributed by atoms with Crippen LogP contribution in [0.3, 0.4) is 0 Å². The maximum absolute atomic E-state index is 13.1. The van der Waals surface area contributed by atoms with Crippen LogP contribution < -0.4 is 4.90 Å². The van der Waals surface area contributed by atoms with E-state index >= 15 is 0 Å². The Bertz CT molecular complexity index is 1230. The first-order valence-corrected chi connectivity index (χ1v) is 12.5. The molecule has 2 aliphatic rings. The molecular formula is C25H27F3N4O3S. The van der Waals surface area contributed by atoms with E-state index in [1.54, 1.807) is 11.3 Å². The molecule has 1 saturated heterocycles. The molecule has 0 aliphatic carbocycles. The van der Waals surface area contributed by atoms with Gasteiger partial charge in [0, 0.05) is 32.0 Å². The number of carboxylic acid groups (broad SMARTS) is 1. The zero-order valence-corrected chi connectivity index (χ0v) is 20.7. The second-order valence-electron chi connectivity index (χ2n) is 9.32. The van der Waals surface area contributed by atoms with Crippen molar-refractivity contribution in [1.29, 1.82) is 0 Å². The SMILES string of the molecule is CC(C)CN1c2cccnc2-n2cccc2C12CCN(C(=O)Cc1ccsc1)C2.O=C(O)C(F)(F)F. The van der Waals surface area contributed by atoms with Gasteiger partial charge in [0.05, 0.1) is 17.8 Å². The van der Waals surface area contributed by atoms with Crippen LogP contribution in [-0.4, -0.2) is 57.2 Å². The van der Waals surface area contributed by atoms with Crippen LogP contribution in [0.2, 0.25) is 0 Å². The summed E-state index contributed by atoms with van der Waals surface area (Å²) in [6.07, 6.45) is 0.307. The smallest absolute Gasteiger partial charge is 0.475 e. The van der Waals surface area contributed by atoms with Crippen molar-refractivity contribution in [3.63, 3.8) is 0 Å². The van der Waals surface area contributed by atoms with Crippen LogP contribution in [0.15, 0.2) is 53.5 Å². The van der Waals surface area contributed by atoms with Gasteiger partial charge in [-0.05, 0) is 59.0 Å². The number of fused-ring (bicyclic) bond motifs is 4. The number of carbonyl (C=O) groups excluding carboxylic acids is 1. The van der Waals surface area contributed by atoms with Crippen molar-refractivity contribution in [2.75, 3.05) is 24.5 Å². The lowest BCUT2D eigenvalue weighted by molar-refractivity contribution is -0.192. The molecule has 3 aromatic heterocycles. The second-order valence-corrected chi connectivity index (χ2v) is 10.1. The summed E-state index contributed by atoms with van der Waals surface area (Å²) >= 11 is 1.65. The number of alkyl halides is 3. The highest BCUT2D eigenvalue weighted by Gasteiger charge is 2.50. The zero-order valence-electron chi connectivity index (χ0n) is 19.9. The van der Waals surface area contributed by atoms with E-state index in [4.69, 9.17) is 14.9 Å². The Morgan fingerprint density at radius 3 is 2.61 bits per heavy atom. The van der Waals surface area contributed by atoms with Crippen molar-refractivity contribution in [3.05, 3.63) is 64.7 Å². The minimum atomic E-state index is -5.08. The van der Waals surface area contributed by atoms with Gasteiger partial charge in [-0.25, -0.2) is 9.78 Å². The number of carbonyl (C=O) groups is 2. The Kier molecular flexibility index (Phi) is 7.12. The maximum Gasteiger partial charge on any atom is 0.490 e. The van der Waals surface area contributed by atoms with Crippen LogP contribution in [0.25, 0.3) is 5.82 Å². The predicted molar refractivity (Wildman–Crippen MR) is 130 cm³/mol. The van der Waals surface area contributed by atoms with Crippen molar-refractivity contribution < 1.29 is 27.9 Å². The standard InChI is InChI=1S/C23H26N4OS.C2HF3O2/c1-17(2)14-27-19-5-3-9-24-22(19)26-10-4-6-20(26)23(27)8-11-25(16-23)21(28)13-18-7-12-29-15-18;3-2(4,5)1(6)7/h3-7,9-10,12,15,17H,8,11,13-14,16H2,1-2H3;(H,6,7). The molecule has 1 N–H and O–H groups in total. The van der Waals surface area contributed by atoms with E-state index < -0.39 is 12.1 Å². The molecular weight excluding hydrogens is 493 g/mol. The average molecular weight is 521 g/mol. The molecule has 0 bridgehead atoms. The number of amides is 1. The van der Waals surface area contributed by atoms with Crippen LogP contribution in [0.1, 0.15) is 31.5 Å². The van der Waals surface area contributed by atoms with Gasteiger partial charge in [0.1, 0.15) is 5.54 Å². The molecule has 1 amide bonds. The number of hydrogen-bond acceptors (Lipinski definition) is 5. The molecule has 1 atom stereocenters. The molecule has 0 saturated carbocycles. The third kappa shape index (κ3) is 4.97. The van der Waals surface area contributed by atoms with E-state index in [-0.39, 0.29) is 11.4 Å². The summed E-state index contributed by atoms with van der Waals surface area (Å²) in [6.45, 7) is 6.97. The third-order valence-electron chi connectivity index (χ3n) is 6.35. The Balaban J connectivity index is 0.000000384. The summed E-state index contributed by atoms with van der Waals surface area (Å²) in [4.78, 5) is 31.2. The fourth-order valence-corrected chi connectivity index (χ4v) is 5.52. The number of anilines is 1. The normalized spacial score (nSPS) is 18.6. The van der Waals surface area contributed by atoms with E-state index in [9.17, 15) is 18.0 Å². The molecule has 0 radical (unpaired) electrons. The summed E-state index contributed by atoms with van der Waals surface area (Å²) in [5.41, 5.74) is 3.32. The fraction of sp³-hybridized carbons (Fsp3) is 0.400. The summed E-state index contributed by atoms with van der Waals surface area (Å²) in [7, 11) is 0. The lowest BCUT2D eigenvalue weighted by Gasteiger charge is -2.47. The molecule has 7 nitrogen and oxygen atoms in total. The van der Waals surface area contributed by atoms with Crippen molar-refractivity contribution in [3.8, 4) is 5.82 Å². The minimum absolute atomic E-state index is 0.200. The number of pyridine rings is 1. The number of aromatic nitrogens is 2. The topological polar surface area (TPSA) is 78.7 Å². The van der Waals surface area contributed by atoms with E-state index in [0.717, 1.165) is 43.1 Å². The van der Waals surface area contributed by atoms with Gasteiger partial charge in [0.25, 0.3) is 0 Å². The number of thiophene rings is 1. The van der Waals surface area contributed by atoms with Crippen LogP contribution in [-0.2, 0) is 21.5 Å². The summed E-state index contributed by atoms with van der Waals surface area (Å²) in [5.74, 6) is -1.04.